The van der Waals surface area contributed by atoms with E-state index in [1.165, 1.54) is 4.90 Å². The molecular formula is C16H15ClN3O2+. The Morgan fingerprint density at radius 3 is 2.73 bits per heavy atom. The first-order chi connectivity index (χ1) is 10.6. The Balaban J connectivity index is 1.71. The lowest BCUT2D eigenvalue weighted by molar-refractivity contribution is -0.690. The van der Waals surface area contributed by atoms with Gasteiger partial charge in [-0.2, -0.15) is 0 Å². The van der Waals surface area contributed by atoms with Crippen molar-refractivity contribution in [1.29, 1.82) is 0 Å². The van der Waals surface area contributed by atoms with Gasteiger partial charge in [0.25, 0.3) is 5.91 Å². The van der Waals surface area contributed by atoms with Crippen molar-refractivity contribution in [3.63, 3.8) is 0 Å². The van der Waals surface area contributed by atoms with Crippen LogP contribution in [0.2, 0.25) is 5.02 Å². The number of aromatic nitrogens is 1. The molecule has 2 amide bonds. The first kappa shape index (κ1) is 14.7. The summed E-state index contributed by atoms with van der Waals surface area (Å²) < 4.78 is 0. The average Bonchev–Trinajstić information content (AvgIpc) is 2.80. The number of anilines is 1. The van der Waals surface area contributed by atoms with E-state index < -0.39 is 0 Å². The number of rotatable bonds is 4. The molecule has 22 heavy (non-hydrogen) atoms. The van der Waals surface area contributed by atoms with E-state index in [0.717, 1.165) is 5.56 Å². The van der Waals surface area contributed by atoms with Crippen molar-refractivity contribution in [3.05, 3.63) is 59.4 Å². The normalized spacial score (nSPS) is 18.0. The second-order valence-corrected chi connectivity index (χ2v) is 5.59. The molecule has 1 aromatic heterocycles. The van der Waals surface area contributed by atoms with E-state index in [1.54, 1.807) is 36.7 Å². The molecule has 0 bridgehead atoms. The summed E-state index contributed by atoms with van der Waals surface area (Å²) >= 11 is 5.93. The molecule has 1 aromatic carbocycles. The summed E-state index contributed by atoms with van der Waals surface area (Å²) in [6, 6.07) is 10.2. The van der Waals surface area contributed by atoms with Crippen molar-refractivity contribution < 1.29 is 14.9 Å². The first-order valence-corrected chi connectivity index (χ1v) is 7.37. The molecular weight excluding hydrogens is 302 g/mol. The molecule has 2 N–H and O–H groups in total. The van der Waals surface area contributed by atoms with Crippen molar-refractivity contribution >= 4 is 29.1 Å². The van der Waals surface area contributed by atoms with E-state index in [1.807, 2.05) is 17.4 Å². The average molecular weight is 317 g/mol. The molecule has 0 saturated carbocycles. The van der Waals surface area contributed by atoms with E-state index >= 15 is 0 Å². The van der Waals surface area contributed by atoms with Gasteiger partial charge in [0.05, 0.1) is 12.1 Å². The number of pyridine rings is 1. The van der Waals surface area contributed by atoms with Crippen LogP contribution in [0.25, 0.3) is 0 Å². The molecule has 0 radical (unpaired) electrons. The maximum Gasteiger partial charge on any atom is 0.292 e. The largest absolute Gasteiger partial charge is 0.332 e. The lowest BCUT2D eigenvalue weighted by atomic mass is 10.2. The Kier molecular flexibility index (Phi) is 4.18. The predicted molar refractivity (Wildman–Crippen MR) is 82.2 cm³/mol. The van der Waals surface area contributed by atoms with Gasteiger partial charge < -0.3 is 5.32 Å². The van der Waals surface area contributed by atoms with Crippen molar-refractivity contribution in [1.82, 2.24) is 4.98 Å². The fraction of sp³-hybridized carbons (Fsp3) is 0.188. The van der Waals surface area contributed by atoms with Gasteiger partial charge in [-0.25, -0.2) is 4.90 Å². The predicted octanol–water partition coefficient (Wildman–Crippen LogP) is 1.13. The molecule has 5 nitrogen and oxygen atoms in total. The Morgan fingerprint density at radius 2 is 2.00 bits per heavy atom. The number of quaternary nitrogens is 1. The Labute approximate surface area is 132 Å². The van der Waals surface area contributed by atoms with Crippen LogP contribution in [0, 0.1) is 0 Å². The van der Waals surface area contributed by atoms with Crippen LogP contribution in [0.5, 0.6) is 0 Å². The number of amides is 2. The molecule has 3 rings (SSSR count). The molecule has 0 spiro atoms. The molecule has 1 atom stereocenters. The molecule has 0 unspecified atom stereocenters. The quantitative estimate of drug-likeness (QED) is 0.860. The van der Waals surface area contributed by atoms with Crippen LogP contribution >= 0.6 is 11.6 Å². The van der Waals surface area contributed by atoms with Crippen molar-refractivity contribution in [2.24, 2.45) is 0 Å². The summed E-state index contributed by atoms with van der Waals surface area (Å²) in [5, 5.41) is 2.39. The third-order valence-electron chi connectivity index (χ3n) is 3.64. The summed E-state index contributed by atoms with van der Waals surface area (Å²) in [6.45, 7) is 0.635. The Morgan fingerprint density at radius 1 is 1.23 bits per heavy atom. The van der Waals surface area contributed by atoms with Crippen LogP contribution in [0.4, 0.5) is 5.69 Å². The van der Waals surface area contributed by atoms with Gasteiger partial charge in [0.15, 0.2) is 6.04 Å². The maximum atomic E-state index is 12.5. The van der Waals surface area contributed by atoms with Crippen LogP contribution in [-0.2, 0) is 16.1 Å². The fourth-order valence-corrected chi connectivity index (χ4v) is 2.71. The lowest BCUT2D eigenvalue weighted by Crippen LogP contribution is -2.90. The van der Waals surface area contributed by atoms with Crippen molar-refractivity contribution in [2.45, 2.75) is 19.0 Å². The number of halogens is 1. The number of imide groups is 1. The minimum absolute atomic E-state index is 0.191. The molecule has 1 fully saturated rings. The van der Waals surface area contributed by atoms with Gasteiger partial charge in [-0.1, -0.05) is 17.7 Å². The van der Waals surface area contributed by atoms with Crippen LogP contribution < -0.4 is 10.2 Å². The van der Waals surface area contributed by atoms with E-state index in [4.69, 9.17) is 11.6 Å². The summed E-state index contributed by atoms with van der Waals surface area (Å²) in [7, 11) is 0. The van der Waals surface area contributed by atoms with Crippen molar-refractivity contribution in [2.75, 3.05) is 4.90 Å². The minimum atomic E-state index is -0.389. The molecule has 0 aliphatic carbocycles. The zero-order valence-electron chi connectivity index (χ0n) is 11.8. The summed E-state index contributed by atoms with van der Waals surface area (Å²) in [5.74, 6) is -0.385. The number of benzene rings is 1. The standard InChI is InChI=1S/C16H14ClN3O2/c17-12-2-1-3-13(8-12)20-15(21)9-14(16(20)22)19-10-11-4-6-18-7-5-11/h1-8,14,19H,9-10H2/p+1/t14-/m1/s1. The number of hydrogen-bond acceptors (Lipinski definition) is 3. The fourth-order valence-electron chi connectivity index (χ4n) is 2.52. The first-order valence-electron chi connectivity index (χ1n) is 7.00. The highest BCUT2D eigenvalue weighted by atomic mass is 35.5. The number of carbonyl (C=O) groups excluding carboxylic acids is 2. The Bertz CT molecular complexity index is 706. The molecule has 2 heterocycles. The van der Waals surface area contributed by atoms with Gasteiger partial charge in [-0.3, -0.25) is 14.6 Å². The number of nitrogens with zero attached hydrogens (tertiary/aromatic N) is 2. The topological polar surface area (TPSA) is 66.9 Å². The van der Waals surface area contributed by atoms with E-state index in [-0.39, 0.29) is 24.3 Å². The van der Waals surface area contributed by atoms with Crippen LogP contribution in [0.15, 0.2) is 48.8 Å². The van der Waals surface area contributed by atoms with Gasteiger partial charge in [0.1, 0.15) is 6.54 Å². The second-order valence-electron chi connectivity index (χ2n) is 5.15. The molecule has 2 aromatic rings. The number of nitrogens with two attached hydrogens (primary N) is 1. The highest BCUT2D eigenvalue weighted by Gasteiger charge is 2.42. The minimum Gasteiger partial charge on any atom is -0.332 e. The highest BCUT2D eigenvalue weighted by Crippen LogP contribution is 2.24. The van der Waals surface area contributed by atoms with E-state index in [2.05, 4.69) is 4.98 Å². The summed E-state index contributed by atoms with van der Waals surface area (Å²) in [4.78, 5) is 29.8. The number of carbonyl (C=O) groups is 2. The molecule has 1 aliphatic heterocycles. The summed E-state index contributed by atoms with van der Waals surface area (Å²) in [5.41, 5.74) is 1.60. The highest BCUT2D eigenvalue weighted by molar-refractivity contribution is 6.31. The maximum absolute atomic E-state index is 12.5. The van der Waals surface area contributed by atoms with Gasteiger partial charge in [-0.05, 0) is 30.3 Å². The van der Waals surface area contributed by atoms with Crippen LogP contribution in [0.3, 0.4) is 0 Å². The lowest BCUT2D eigenvalue weighted by Gasteiger charge is -2.14. The summed E-state index contributed by atoms with van der Waals surface area (Å²) in [6.07, 6.45) is 3.63. The smallest absolute Gasteiger partial charge is 0.292 e. The third-order valence-corrected chi connectivity index (χ3v) is 3.87. The van der Waals surface area contributed by atoms with E-state index in [0.29, 0.717) is 17.3 Å². The van der Waals surface area contributed by atoms with E-state index in [9.17, 15) is 9.59 Å². The van der Waals surface area contributed by atoms with Gasteiger partial charge in [-0.15, -0.1) is 0 Å². The van der Waals surface area contributed by atoms with Crippen molar-refractivity contribution in [3.8, 4) is 0 Å². The van der Waals surface area contributed by atoms with Gasteiger partial charge in [0.2, 0.25) is 5.91 Å². The SMILES string of the molecule is O=C1C[C@@H]([NH2+]Cc2ccncc2)C(=O)N1c1cccc(Cl)c1. The monoisotopic (exact) mass is 316 g/mol. The molecule has 1 aliphatic rings. The van der Waals surface area contributed by atoms with Crippen LogP contribution in [-0.4, -0.2) is 22.8 Å². The Hall–Kier alpha value is -2.24. The van der Waals surface area contributed by atoms with Gasteiger partial charge in [0, 0.05) is 23.0 Å². The third kappa shape index (κ3) is 3.00. The second kappa shape index (κ2) is 6.25. The zero-order valence-corrected chi connectivity index (χ0v) is 12.5. The number of hydrogen-bond donors (Lipinski definition) is 1. The van der Waals surface area contributed by atoms with Crippen LogP contribution in [0.1, 0.15) is 12.0 Å². The molecule has 112 valence electrons. The zero-order chi connectivity index (χ0) is 15.5. The molecule has 6 heteroatoms. The molecule has 1 saturated heterocycles. The van der Waals surface area contributed by atoms with Gasteiger partial charge >= 0.3 is 0 Å².